The normalized spacial score (nSPS) is 15.6. The maximum atomic E-state index is 12.7. The molecule has 0 aliphatic carbocycles. The average Bonchev–Trinajstić information content (AvgIpc) is 3.14. The van der Waals surface area contributed by atoms with E-state index >= 15 is 0 Å². The lowest BCUT2D eigenvalue weighted by molar-refractivity contribution is -0.132. The van der Waals surface area contributed by atoms with Crippen molar-refractivity contribution < 1.29 is 14.3 Å². The Bertz CT molecular complexity index is 982. The van der Waals surface area contributed by atoms with Gasteiger partial charge < -0.3 is 19.4 Å². The van der Waals surface area contributed by atoms with E-state index < -0.39 is 0 Å². The molecule has 0 saturated carbocycles. The van der Waals surface area contributed by atoms with Crippen molar-refractivity contribution in [3.8, 4) is 11.5 Å². The van der Waals surface area contributed by atoms with Gasteiger partial charge in [-0.05, 0) is 37.6 Å². The fraction of sp³-hybridized carbons (Fsp3) is 0.364. The highest BCUT2D eigenvalue weighted by Crippen LogP contribution is 2.31. The minimum absolute atomic E-state index is 0.0992. The van der Waals surface area contributed by atoms with E-state index in [9.17, 15) is 4.79 Å². The zero-order chi connectivity index (χ0) is 19.5. The predicted molar refractivity (Wildman–Crippen MR) is 108 cm³/mol. The summed E-state index contributed by atoms with van der Waals surface area (Å²) < 4.78 is 11.8. The maximum Gasteiger partial charge on any atom is 0.223 e. The maximum absolute atomic E-state index is 12.7. The average molecular weight is 379 g/mol. The second-order valence-corrected chi connectivity index (χ2v) is 7.08. The summed E-state index contributed by atoms with van der Waals surface area (Å²) in [4.78, 5) is 22.5. The molecule has 0 fully saturated rings. The number of benzene rings is 2. The second-order valence-electron chi connectivity index (χ2n) is 7.08. The molecule has 4 rings (SSSR count). The van der Waals surface area contributed by atoms with Crippen molar-refractivity contribution in [2.75, 3.05) is 19.7 Å². The van der Waals surface area contributed by atoms with Gasteiger partial charge in [-0.3, -0.25) is 4.79 Å². The molecule has 1 amide bonds. The van der Waals surface area contributed by atoms with Crippen LogP contribution in [-0.4, -0.2) is 46.6 Å². The van der Waals surface area contributed by atoms with Crippen LogP contribution >= 0.6 is 0 Å². The standard InChI is InChI=1S/C22H25N3O3/c1-3-25(13-16-14-27-18-9-4-5-10-19(18)28-16)21(26)12-11-20-23-17-8-6-7-15(2)22(17)24-20/h4-10,16H,3,11-14H2,1-2H3,(H,23,24). The van der Waals surface area contributed by atoms with Gasteiger partial charge in [-0.1, -0.05) is 24.3 Å². The van der Waals surface area contributed by atoms with Crippen LogP contribution in [0.2, 0.25) is 0 Å². The first-order valence-electron chi connectivity index (χ1n) is 9.74. The molecule has 1 atom stereocenters. The fourth-order valence-corrected chi connectivity index (χ4v) is 3.53. The highest BCUT2D eigenvalue weighted by molar-refractivity contribution is 5.79. The number of imidazole rings is 1. The number of aryl methyl sites for hydroxylation is 2. The number of amides is 1. The Morgan fingerprint density at radius 2 is 2.04 bits per heavy atom. The Hall–Kier alpha value is -3.02. The third-order valence-electron chi connectivity index (χ3n) is 5.07. The number of aromatic nitrogens is 2. The molecule has 2 aromatic carbocycles. The molecule has 1 aromatic heterocycles. The molecule has 2 heterocycles. The lowest BCUT2D eigenvalue weighted by atomic mass is 10.2. The molecule has 0 saturated heterocycles. The molecule has 6 heteroatoms. The van der Waals surface area contributed by atoms with Crippen LogP contribution in [0, 0.1) is 6.92 Å². The number of fused-ring (bicyclic) bond motifs is 2. The van der Waals surface area contributed by atoms with Crippen LogP contribution in [-0.2, 0) is 11.2 Å². The zero-order valence-electron chi connectivity index (χ0n) is 16.3. The number of ether oxygens (including phenoxy) is 2. The van der Waals surface area contributed by atoms with E-state index in [4.69, 9.17) is 9.47 Å². The number of likely N-dealkylation sites (N-methyl/N-ethyl adjacent to an activating group) is 1. The summed E-state index contributed by atoms with van der Waals surface area (Å²) in [5, 5.41) is 0. The highest BCUT2D eigenvalue weighted by atomic mass is 16.6. The van der Waals surface area contributed by atoms with Crippen molar-refractivity contribution in [1.82, 2.24) is 14.9 Å². The lowest BCUT2D eigenvalue weighted by Gasteiger charge is -2.31. The van der Waals surface area contributed by atoms with E-state index in [1.807, 2.05) is 61.2 Å². The van der Waals surface area contributed by atoms with Crippen LogP contribution in [0.1, 0.15) is 24.7 Å². The van der Waals surface area contributed by atoms with Crippen molar-refractivity contribution in [1.29, 1.82) is 0 Å². The summed E-state index contributed by atoms with van der Waals surface area (Å²) in [7, 11) is 0. The first-order valence-corrected chi connectivity index (χ1v) is 9.74. The van der Waals surface area contributed by atoms with Crippen LogP contribution < -0.4 is 9.47 Å². The number of carbonyl (C=O) groups is 1. The van der Waals surface area contributed by atoms with E-state index in [-0.39, 0.29) is 12.0 Å². The van der Waals surface area contributed by atoms with Crippen LogP contribution in [0.5, 0.6) is 11.5 Å². The molecule has 1 aliphatic heterocycles. The SMILES string of the molecule is CCN(CC1COc2ccccc2O1)C(=O)CCc1nc2c(C)cccc2[nH]1. The van der Waals surface area contributed by atoms with Crippen LogP contribution in [0.4, 0.5) is 0 Å². The van der Waals surface area contributed by atoms with Crippen LogP contribution in [0.15, 0.2) is 42.5 Å². The van der Waals surface area contributed by atoms with Gasteiger partial charge in [0.15, 0.2) is 17.6 Å². The van der Waals surface area contributed by atoms with Gasteiger partial charge in [0.25, 0.3) is 0 Å². The summed E-state index contributed by atoms with van der Waals surface area (Å²) in [5.74, 6) is 2.44. The lowest BCUT2D eigenvalue weighted by Crippen LogP contribution is -2.43. The molecule has 1 N–H and O–H groups in total. The van der Waals surface area contributed by atoms with Gasteiger partial charge in [0, 0.05) is 19.4 Å². The van der Waals surface area contributed by atoms with Crippen molar-refractivity contribution in [2.24, 2.45) is 0 Å². The van der Waals surface area contributed by atoms with Crippen molar-refractivity contribution in [2.45, 2.75) is 32.8 Å². The summed E-state index contributed by atoms with van der Waals surface area (Å²) in [5.41, 5.74) is 3.13. The number of nitrogens with zero attached hydrogens (tertiary/aromatic N) is 2. The van der Waals surface area contributed by atoms with Gasteiger partial charge >= 0.3 is 0 Å². The minimum atomic E-state index is -0.160. The van der Waals surface area contributed by atoms with Crippen molar-refractivity contribution in [3.63, 3.8) is 0 Å². The Labute approximate surface area is 164 Å². The number of carbonyl (C=O) groups excluding carboxylic acids is 1. The smallest absolute Gasteiger partial charge is 0.223 e. The Kier molecular flexibility index (Phi) is 5.19. The largest absolute Gasteiger partial charge is 0.486 e. The van der Waals surface area contributed by atoms with Gasteiger partial charge in [-0.2, -0.15) is 0 Å². The Morgan fingerprint density at radius 3 is 2.82 bits per heavy atom. The van der Waals surface area contributed by atoms with E-state index in [2.05, 4.69) is 9.97 Å². The van der Waals surface area contributed by atoms with Gasteiger partial charge in [0.1, 0.15) is 12.4 Å². The number of hydrogen-bond acceptors (Lipinski definition) is 4. The first-order chi connectivity index (χ1) is 13.6. The number of H-pyrrole nitrogens is 1. The number of aromatic amines is 1. The summed E-state index contributed by atoms with van der Waals surface area (Å²) >= 11 is 0. The highest BCUT2D eigenvalue weighted by Gasteiger charge is 2.24. The third kappa shape index (κ3) is 3.81. The third-order valence-corrected chi connectivity index (χ3v) is 5.07. The second kappa shape index (κ2) is 7.92. The van der Waals surface area contributed by atoms with Crippen LogP contribution in [0.3, 0.4) is 0 Å². The molecular formula is C22H25N3O3. The topological polar surface area (TPSA) is 67.5 Å². The van der Waals surface area contributed by atoms with E-state index in [0.29, 0.717) is 32.5 Å². The van der Waals surface area contributed by atoms with Gasteiger partial charge in [0.05, 0.1) is 17.6 Å². The van der Waals surface area contributed by atoms with Crippen molar-refractivity contribution >= 4 is 16.9 Å². The molecule has 6 nitrogen and oxygen atoms in total. The van der Waals surface area contributed by atoms with Crippen molar-refractivity contribution in [3.05, 3.63) is 53.9 Å². The zero-order valence-corrected chi connectivity index (χ0v) is 16.3. The van der Waals surface area contributed by atoms with Gasteiger partial charge in [0.2, 0.25) is 5.91 Å². The summed E-state index contributed by atoms with van der Waals surface area (Å²) in [6, 6.07) is 13.7. The molecule has 0 radical (unpaired) electrons. The number of nitrogens with one attached hydrogen (secondary N) is 1. The molecule has 146 valence electrons. The van der Waals surface area contributed by atoms with E-state index in [0.717, 1.165) is 33.9 Å². The molecular weight excluding hydrogens is 354 g/mol. The van der Waals surface area contributed by atoms with Gasteiger partial charge in [-0.15, -0.1) is 0 Å². The summed E-state index contributed by atoms with van der Waals surface area (Å²) in [6.45, 7) is 5.63. The number of hydrogen-bond donors (Lipinski definition) is 1. The Balaban J connectivity index is 1.35. The minimum Gasteiger partial charge on any atom is -0.486 e. The molecule has 3 aromatic rings. The molecule has 28 heavy (non-hydrogen) atoms. The number of para-hydroxylation sites is 3. The predicted octanol–water partition coefficient (Wildman–Crippen LogP) is 3.49. The summed E-state index contributed by atoms with van der Waals surface area (Å²) in [6.07, 6.45) is 0.846. The number of rotatable bonds is 6. The van der Waals surface area contributed by atoms with E-state index in [1.165, 1.54) is 0 Å². The van der Waals surface area contributed by atoms with Gasteiger partial charge in [-0.25, -0.2) is 4.98 Å². The van der Waals surface area contributed by atoms with E-state index in [1.54, 1.807) is 0 Å². The molecule has 0 spiro atoms. The Morgan fingerprint density at radius 1 is 1.21 bits per heavy atom. The quantitative estimate of drug-likeness (QED) is 0.712. The first kappa shape index (κ1) is 18.3. The molecule has 1 aliphatic rings. The monoisotopic (exact) mass is 379 g/mol. The fourth-order valence-electron chi connectivity index (χ4n) is 3.53. The molecule has 1 unspecified atom stereocenters. The van der Waals surface area contributed by atoms with Crippen LogP contribution in [0.25, 0.3) is 11.0 Å². The molecule has 0 bridgehead atoms.